The lowest BCUT2D eigenvalue weighted by atomic mass is 10.2. The molecule has 0 saturated carbocycles. The minimum absolute atomic E-state index is 0.184. The topological polar surface area (TPSA) is 90.2 Å². The summed E-state index contributed by atoms with van der Waals surface area (Å²) in [5.41, 5.74) is 7.66. The molecule has 2 aromatic heterocycles. The molecule has 0 radical (unpaired) electrons. The summed E-state index contributed by atoms with van der Waals surface area (Å²) in [4.78, 5) is 30.1. The first-order valence-electron chi connectivity index (χ1n) is 9.73. The van der Waals surface area contributed by atoms with Crippen molar-refractivity contribution in [1.29, 1.82) is 0 Å². The van der Waals surface area contributed by atoms with E-state index in [1.807, 2.05) is 56.3 Å². The number of amides is 1. The fourth-order valence-electron chi connectivity index (χ4n) is 3.63. The van der Waals surface area contributed by atoms with E-state index in [0.717, 1.165) is 16.8 Å². The third-order valence-electron chi connectivity index (χ3n) is 5.18. The van der Waals surface area contributed by atoms with Gasteiger partial charge in [0.2, 0.25) is 6.04 Å². The molecule has 1 aliphatic rings. The summed E-state index contributed by atoms with van der Waals surface area (Å²) in [6, 6.07) is 14.2. The Hall–Kier alpha value is -3.78. The van der Waals surface area contributed by atoms with Crippen molar-refractivity contribution in [2.24, 2.45) is 4.99 Å². The maximum absolute atomic E-state index is 13.6. The minimum Gasteiger partial charge on any atom is -0.274 e. The van der Waals surface area contributed by atoms with Crippen molar-refractivity contribution < 1.29 is 9.36 Å². The van der Waals surface area contributed by atoms with Gasteiger partial charge in [-0.3, -0.25) is 15.2 Å². The van der Waals surface area contributed by atoms with E-state index in [2.05, 4.69) is 20.4 Å². The van der Waals surface area contributed by atoms with Crippen LogP contribution in [0.25, 0.3) is 11.2 Å². The normalized spacial score (nSPS) is 17.5. The number of para-hydroxylation sites is 1. The zero-order valence-corrected chi connectivity index (χ0v) is 17.6. The molecule has 2 aromatic carbocycles. The van der Waals surface area contributed by atoms with Crippen molar-refractivity contribution in [3.05, 3.63) is 77.5 Å². The molecule has 1 unspecified atom stereocenters. The zero-order valence-electron chi connectivity index (χ0n) is 16.9. The molecule has 1 atom stereocenters. The summed E-state index contributed by atoms with van der Waals surface area (Å²) >= 11 is 6.39. The molecule has 31 heavy (non-hydrogen) atoms. The first-order chi connectivity index (χ1) is 15.0. The molecule has 0 aliphatic carbocycles. The van der Waals surface area contributed by atoms with Gasteiger partial charge in [-0.2, -0.15) is 0 Å². The summed E-state index contributed by atoms with van der Waals surface area (Å²) in [6.45, 7) is 3.85. The molecular formula is C22H19ClN7O+. The third kappa shape index (κ3) is 3.30. The molecule has 1 amide bonds. The smallest absolute Gasteiger partial charge is 0.274 e. The molecule has 9 heteroatoms. The van der Waals surface area contributed by atoms with Gasteiger partial charge in [0.05, 0.1) is 22.1 Å². The number of benzene rings is 2. The van der Waals surface area contributed by atoms with Gasteiger partial charge in [0.15, 0.2) is 24.0 Å². The number of halogens is 1. The summed E-state index contributed by atoms with van der Waals surface area (Å²) in [7, 11) is 0. The van der Waals surface area contributed by atoms with Crippen LogP contribution in [0.3, 0.4) is 0 Å². The largest absolute Gasteiger partial charge is 0.306 e. The van der Waals surface area contributed by atoms with E-state index in [1.54, 1.807) is 17.0 Å². The first kappa shape index (κ1) is 19.2. The van der Waals surface area contributed by atoms with Crippen LogP contribution in [-0.2, 0) is 4.79 Å². The van der Waals surface area contributed by atoms with Crippen LogP contribution in [-0.4, -0.2) is 26.7 Å². The molecule has 0 bridgehead atoms. The Balaban J connectivity index is 1.68. The molecular weight excluding hydrogens is 414 g/mol. The number of H-pyrrole nitrogens is 1. The number of hydrogen-bond acceptors (Lipinski definition) is 4. The standard InChI is InChI=1S/C22H18ClN7O/c1-13-8-9-16(23)17(10-13)27-20-19(22(31)30(28-20)15-6-4-3-5-7-15)29-12-26-18-14(2)24-11-25-21(18)29/h3-12,19H,1-2H3,(H,27,28)/p+1. The second-order valence-corrected chi connectivity index (χ2v) is 7.72. The Morgan fingerprint density at radius 1 is 1.13 bits per heavy atom. The summed E-state index contributed by atoms with van der Waals surface area (Å²) in [5, 5.41) is 2.00. The maximum Gasteiger partial charge on any atom is 0.306 e. The van der Waals surface area contributed by atoms with E-state index in [9.17, 15) is 4.79 Å². The average Bonchev–Trinajstić information content (AvgIpc) is 3.33. The Bertz CT molecular complexity index is 1330. The number of amidine groups is 1. The van der Waals surface area contributed by atoms with Crippen molar-refractivity contribution in [2.45, 2.75) is 19.9 Å². The number of fused-ring (bicyclic) bond motifs is 1. The Morgan fingerprint density at radius 2 is 1.94 bits per heavy atom. The number of hydrazine groups is 1. The third-order valence-corrected chi connectivity index (χ3v) is 5.50. The number of aryl methyl sites for hydroxylation is 2. The fraction of sp³-hybridized carbons (Fsp3) is 0.136. The summed E-state index contributed by atoms with van der Waals surface area (Å²) in [6.07, 6.45) is 3.20. The van der Waals surface area contributed by atoms with Gasteiger partial charge < -0.3 is 0 Å². The lowest BCUT2D eigenvalue weighted by Gasteiger charge is -2.15. The molecule has 1 saturated heterocycles. The van der Waals surface area contributed by atoms with Gasteiger partial charge in [-0.05, 0) is 43.7 Å². The zero-order chi connectivity index (χ0) is 21.5. The number of aliphatic imine (C=N–C) groups is 1. The van der Waals surface area contributed by atoms with E-state index in [-0.39, 0.29) is 5.91 Å². The van der Waals surface area contributed by atoms with Crippen LogP contribution in [0, 0.1) is 13.8 Å². The SMILES string of the molecule is Cc1ccc(Cl)c(N=C2NN(c3ccccc3)C(=O)C2[n+]2c[nH]c3c(C)ncnc32)c1. The van der Waals surface area contributed by atoms with Crippen LogP contribution >= 0.6 is 11.6 Å². The van der Waals surface area contributed by atoms with Gasteiger partial charge in [0, 0.05) is 0 Å². The number of imidazole rings is 1. The van der Waals surface area contributed by atoms with Crippen molar-refractivity contribution in [1.82, 2.24) is 20.4 Å². The molecule has 2 N–H and O–H groups in total. The monoisotopic (exact) mass is 432 g/mol. The van der Waals surface area contributed by atoms with Gasteiger partial charge in [-0.25, -0.2) is 19.6 Å². The number of nitrogens with one attached hydrogen (secondary N) is 2. The van der Waals surface area contributed by atoms with Crippen molar-refractivity contribution in [3.8, 4) is 0 Å². The van der Waals surface area contributed by atoms with Crippen molar-refractivity contribution >= 4 is 45.9 Å². The molecule has 154 valence electrons. The van der Waals surface area contributed by atoms with Gasteiger partial charge in [-0.15, -0.1) is 0 Å². The van der Waals surface area contributed by atoms with Crippen molar-refractivity contribution in [3.63, 3.8) is 0 Å². The maximum atomic E-state index is 13.6. The Kier molecular flexibility index (Phi) is 4.63. The molecule has 3 heterocycles. The lowest BCUT2D eigenvalue weighted by molar-refractivity contribution is -0.668. The number of rotatable bonds is 3. The van der Waals surface area contributed by atoms with Crippen LogP contribution < -0.4 is 15.0 Å². The second kappa shape index (κ2) is 7.48. The number of nitrogens with zero attached hydrogens (tertiary/aromatic N) is 5. The minimum atomic E-state index is -0.750. The number of carbonyl (C=O) groups is 1. The van der Waals surface area contributed by atoms with E-state index in [4.69, 9.17) is 16.6 Å². The molecule has 1 aliphatic heterocycles. The van der Waals surface area contributed by atoms with Crippen LogP contribution in [0.15, 0.2) is 66.2 Å². The highest BCUT2D eigenvalue weighted by atomic mass is 35.5. The average molecular weight is 433 g/mol. The van der Waals surface area contributed by atoms with Crippen LogP contribution in [0.5, 0.6) is 0 Å². The van der Waals surface area contributed by atoms with Crippen LogP contribution in [0.4, 0.5) is 11.4 Å². The number of aromatic nitrogens is 4. The number of carbonyl (C=O) groups excluding carboxylic acids is 1. The molecule has 8 nitrogen and oxygen atoms in total. The van der Waals surface area contributed by atoms with E-state index < -0.39 is 6.04 Å². The highest BCUT2D eigenvalue weighted by molar-refractivity contribution is 6.33. The van der Waals surface area contributed by atoms with E-state index in [1.165, 1.54) is 11.3 Å². The predicted molar refractivity (Wildman–Crippen MR) is 118 cm³/mol. The Labute approximate surface area is 183 Å². The highest BCUT2D eigenvalue weighted by Gasteiger charge is 2.43. The van der Waals surface area contributed by atoms with Gasteiger partial charge in [-0.1, -0.05) is 40.9 Å². The van der Waals surface area contributed by atoms with Crippen LogP contribution in [0.1, 0.15) is 17.3 Å². The summed E-state index contributed by atoms with van der Waals surface area (Å²) < 4.78 is 1.77. The fourth-order valence-corrected chi connectivity index (χ4v) is 3.79. The van der Waals surface area contributed by atoms with Crippen LogP contribution in [0.2, 0.25) is 5.02 Å². The van der Waals surface area contributed by atoms with E-state index >= 15 is 0 Å². The summed E-state index contributed by atoms with van der Waals surface area (Å²) in [5.74, 6) is 0.263. The second-order valence-electron chi connectivity index (χ2n) is 7.31. The number of aromatic amines is 1. The van der Waals surface area contributed by atoms with Crippen molar-refractivity contribution in [2.75, 3.05) is 5.01 Å². The number of anilines is 1. The van der Waals surface area contributed by atoms with Gasteiger partial charge in [0.1, 0.15) is 0 Å². The predicted octanol–water partition coefficient (Wildman–Crippen LogP) is 3.34. The highest BCUT2D eigenvalue weighted by Crippen LogP contribution is 2.29. The van der Waals surface area contributed by atoms with E-state index in [0.29, 0.717) is 27.9 Å². The first-order valence-corrected chi connectivity index (χ1v) is 10.1. The number of hydrogen-bond donors (Lipinski definition) is 2. The van der Waals surface area contributed by atoms with Gasteiger partial charge >= 0.3 is 5.65 Å². The molecule has 4 aromatic rings. The molecule has 5 rings (SSSR count). The molecule has 1 fully saturated rings. The van der Waals surface area contributed by atoms with Gasteiger partial charge in [0.25, 0.3) is 5.91 Å². The molecule has 0 spiro atoms. The Morgan fingerprint density at radius 3 is 2.74 bits per heavy atom. The quantitative estimate of drug-likeness (QED) is 0.486. The lowest BCUT2D eigenvalue weighted by Crippen LogP contribution is -2.46.